The second kappa shape index (κ2) is 9.29. The predicted molar refractivity (Wildman–Crippen MR) is 108 cm³/mol. The van der Waals surface area contributed by atoms with E-state index in [1.807, 2.05) is 0 Å². The number of hydrogen-bond acceptors (Lipinski definition) is 4. The zero-order valence-corrected chi connectivity index (χ0v) is 16.1. The molecule has 0 fully saturated rings. The molecule has 144 valence electrons. The summed E-state index contributed by atoms with van der Waals surface area (Å²) in [6.45, 7) is 0.302. The van der Waals surface area contributed by atoms with Crippen molar-refractivity contribution in [1.82, 2.24) is 10.3 Å². The summed E-state index contributed by atoms with van der Waals surface area (Å²) in [5.74, 6) is -0.540. The van der Waals surface area contributed by atoms with Gasteiger partial charge in [0.05, 0.1) is 12.1 Å². The molecular weight excluding hydrogens is 403 g/mol. The van der Waals surface area contributed by atoms with E-state index in [4.69, 9.17) is 11.6 Å². The lowest BCUT2D eigenvalue weighted by Crippen LogP contribution is -2.24. The largest absolute Gasteiger partial charge is 0.352 e. The van der Waals surface area contributed by atoms with Gasteiger partial charge < -0.3 is 10.6 Å². The highest BCUT2D eigenvalue weighted by molar-refractivity contribution is 7.14. The molecule has 0 bridgehead atoms. The van der Waals surface area contributed by atoms with Crippen molar-refractivity contribution in [1.29, 1.82) is 0 Å². The number of hydrogen-bond donors (Lipinski definition) is 3. The van der Waals surface area contributed by atoms with Gasteiger partial charge in [0.1, 0.15) is 5.82 Å². The second-order valence-corrected chi connectivity index (χ2v) is 7.11. The van der Waals surface area contributed by atoms with Crippen LogP contribution in [0.3, 0.4) is 0 Å². The molecule has 3 amide bonds. The van der Waals surface area contributed by atoms with Crippen molar-refractivity contribution >= 4 is 45.7 Å². The highest BCUT2D eigenvalue weighted by Crippen LogP contribution is 2.18. The van der Waals surface area contributed by atoms with Gasteiger partial charge in [-0.05, 0) is 35.9 Å². The lowest BCUT2D eigenvalue weighted by molar-refractivity contribution is -0.120. The van der Waals surface area contributed by atoms with Crippen molar-refractivity contribution in [3.05, 3.63) is 76.0 Å². The van der Waals surface area contributed by atoms with Crippen molar-refractivity contribution < 1.29 is 14.0 Å². The van der Waals surface area contributed by atoms with Crippen LogP contribution >= 0.6 is 22.9 Å². The lowest BCUT2D eigenvalue weighted by Gasteiger charge is -2.05. The Labute approximate surface area is 169 Å². The van der Waals surface area contributed by atoms with Crippen molar-refractivity contribution in [3.63, 3.8) is 0 Å². The van der Waals surface area contributed by atoms with Gasteiger partial charge >= 0.3 is 6.03 Å². The van der Waals surface area contributed by atoms with Crippen LogP contribution in [0.25, 0.3) is 0 Å². The van der Waals surface area contributed by atoms with Crippen LogP contribution in [0.4, 0.5) is 20.0 Å². The summed E-state index contributed by atoms with van der Waals surface area (Å²) in [7, 11) is 0. The van der Waals surface area contributed by atoms with E-state index in [2.05, 4.69) is 20.9 Å². The van der Waals surface area contributed by atoms with E-state index in [9.17, 15) is 14.0 Å². The summed E-state index contributed by atoms with van der Waals surface area (Å²) in [4.78, 5) is 28.3. The Hall–Kier alpha value is -2.97. The highest BCUT2D eigenvalue weighted by Gasteiger charge is 2.10. The third-order valence-electron chi connectivity index (χ3n) is 3.60. The first kappa shape index (κ1) is 19.8. The zero-order chi connectivity index (χ0) is 19.9. The topological polar surface area (TPSA) is 83.1 Å². The summed E-state index contributed by atoms with van der Waals surface area (Å²) < 4.78 is 12.9. The Morgan fingerprint density at radius 1 is 1.11 bits per heavy atom. The molecule has 6 nitrogen and oxygen atoms in total. The molecule has 3 rings (SSSR count). The van der Waals surface area contributed by atoms with E-state index in [1.165, 1.54) is 23.5 Å². The first-order valence-electron chi connectivity index (χ1n) is 8.27. The maximum Gasteiger partial charge on any atom is 0.325 e. The fraction of sp³-hybridized carbons (Fsp3) is 0.105. The van der Waals surface area contributed by atoms with E-state index in [1.54, 1.807) is 41.8 Å². The van der Waals surface area contributed by atoms with E-state index in [0.717, 1.165) is 5.56 Å². The fourth-order valence-corrected chi connectivity index (χ4v) is 3.20. The maximum absolute atomic E-state index is 12.9. The van der Waals surface area contributed by atoms with Crippen molar-refractivity contribution in [2.75, 3.05) is 10.6 Å². The minimum Gasteiger partial charge on any atom is -0.352 e. The monoisotopic (exact) mass is 418 g/mol. The number of halogens is 2. The molecule has 1 aromatic heterocycles. The molecule has 0 aliphatic carbocycles. The first-order valence-corrected chi connectivity index (χ1v) is 9.53. The third-order valence-corrected chi connectivity index (χ3v) is 4.64. The highest BCUT2D eigenvalue weighted by atomic mass is 35.5. The van der Waals surface area contributed by atoms with Crippen LogP contribution in [0.1, 0.15) is 11.3 Å². The number of nitrogens with one attached hydrogen (secondary N) is 3. The molecule has 0 unspecified atom stereocenters. The Morgan fingerprint density at radius 2 is 1.89 bits per heavy atom. The molecule has 28 heavy (non-hydrogen) atoms. The predicted octanol–water partition coefficient (Wildman–Crippen LogP) is 4.44. The van der Waals surface area contributed by atoms with Crippen LogP contribution < -0.4 is 16.0 Å². The van der Waals surface area contributed by atoms with Gasteiger partial charge in [-0.1, -0.05) is 29.8 Å². The average Bonchev–Trinajstić information content (AvgIpc) is 3.07. The smallest absolute Gasteiger partial charge is 0.325 e. The van der Waals surface area contributed by atoms with Crippen molar-refractivity contribution in [2.45, 2.75) is 13.0 Å². The van der Waals surface area contributed by atoms with E-state index in [-0.39, 0.29) is 18.1 Å². The molecule has 0 saturated carbocycles. The van der Waals surface area contributed by atoms with Crippen LogP contribution in [-0.2, 0) is 17.8 Å². The van der Waals surface area contributed by atoms with Crippen LogP contribution in [0.2, 0.25) is 5.02 Å². The van der Waals surface area contributed by atoms with Gasteiger partial charge in [-0.25, -0.2) is 14.2 Å². The number of amides is 3. The molecule has 0 aliphatic rings. The number of benzene rings is 2. The molecule has 0 radical (unpaired) electrons. The summed E-state index contributed by atoms with van der Waals surface area (Å²) in [6.07, 6.45) is 0.0787. The van der Waals surface area contributed by atoms with Crippen molar-refractivity contribution in [2.24, 2.45) is 0 Å². The summed E-state index contributed by atoms with van der Waals surface area (Å²) in [5, 5.41) is 10.6. The zero-order valence-electron chi connectivity index (χ0n) is 14.5. The van der Waals surface area contributed by atoms with Gasteiger partial charge in [-0.15, -0.1) is 11.3 Å². The van der Waals surface area contributed by atoms with Crippen LogP contribution in [0.15, 0.2) is 53.9 Å². The molecule has 3 N–H and O–H groups in total. The summed E-state index contributed by atoms with van der Waals surface area (Å²) in [6, 6.07) is 12.2. The molecule has 1 heterocycles. The summed E-state index contributed by atoms with van der Waals surface area (Å²) in [5.41, 5.74) is 1.90. The molecule has 0 atom stereocenters. The second-order valence-electron chi connectivity index (χ2n) is 5.81. The van der Waals surface area contributed by atoms with E-state index >= 15 is 0 Å². The van der Waals surface area contributed by atoms with Crippen LogP contribution in [-0.4, -0.2) is 16.9 Å². The number of carbonyl (C=O) groups is 2. The Balaban J connectivity index is 1.47. The Bertz CT molecular complexity index is 978. The Kier molecular flexibility index (Phi) is 6.57. The third kappa shape index (κ3) is 6.04. The van der Waals surface area contributed by atoms with Crippen LogP contribution in [0, 0.1) is 5.82 Å². The summed E-state index contributed by atoms with van der Waals surface area (Å²) >= 11 is 7.09. The number of rotatable bonds is 6. The number of anilines is 2. The van der Waals surface area contributed by atoms with E-state index < -0.39 is 6.03 Å². The van der Waals surface area contributed by atoms with Gasteiger partial charge in [0.15, 0.2) is 5.13 Å². The SMILES string of the molecule is O=C(Cc1csc(NC(=O)Nc2cccc(Cl)c2)n1)NCc1ccc(F)cc1. The number of aromatic nitrogens is 1. The average molecular weight is 419 g/mol. The molecule has 9 heteroatoms. The molecular formula is C19H16ClFN4O2S. The minimum absolute atomic E-state index is 0.0787. The standard InChI is InChI=1S/C19H16ClFN4O2S/c20-13-2-1-3-15(8-13)23-18(27)25-19-24-16(11-28-19)9-17(26)22-10-12-4-6-14(21)7-5-12/h1-8,11H,9-10H2,(H,22,26)(H2,23,24,25,27). The molecule has 0 saturated heterocycles. The number of urea groups is 1. The lowest BCUT2D eigenvalue weighted by atomic mass is 10.2. The first-order chi connectivity index (χ1) is 13.5. The fourth-order valence-electron chi connectivity index (χ4n) is 2.30. The van der Waals surface area contributed by atoms with Gasteiger partial charge in [0.25, 0.3) is 0 Å². The Morgan fingerprint density at radius 3 is 2.64 bits per heavy atom. The molecule has 0 aliphatic heterocycles. The molecule has 0 spiro atoms. The normalized spacial score (nSPS) is 10.4. The van der Waals surface area contributed by atoms with E-state index in [0.29, 0.717) is 28.1 Å². The van der Waals surface area contributed by atoms with Gasteiger partial charge in [0, 0.05) is 22.6 Å². The number of carbonyl (C=O) groups excluding carboxylic acids is 2. The maximum atomic E-state index is 12.9. The van der Waals surface area contributed by atoms with Crippen molar-refractivity contribution in [3.8, 4) is 0 Å². The minimum atomic E-state index is -0.455. The number of nitrogens with zero attached hydrogens (tertiary/aromatic N) is 1. The number of thiazole rings is 1. The van der Waals surface area contributed by atoms with Gasteiger partial charge in [-0.2, -0.15) is 0 Å². The quantitative estimate of drug-likeness (QED) is 0.553. The van der Waals surface area contributed by atoms with Gasteiger partial charge in [-0.3, -0.25) is 10.1 Å². The van der Waals surface area contributed by atoms with Crippen LogP contribution in [0.5, 0.6) is 0 Å². The molecule has 2 aromatic carbocycles. The van der Waals surface area contributed by atoms with Gasteiger partial charge in [0.2, 0.25) is 5.91 Å². The molecule has 3 aromatic rings.